The molecule has 142 valence electrons. The van der Waals surface area contributed by atoms with Gasteiger partial charge in [-0.25, -0.2) is 9.59 Å². The van der Waals surface area contributed by atoms with E-state index in [1.807, 2.05) is 6.92 Å². The van der Waals surface area contributed by atoms with Crippen LogP contribution in [0.2, 0.25) is 0 Å². The first-order valence-electron chi connectivity index (χ1n) is 8.24. The standard InChI is InChI=1S/C18H23ClN2O5/c1-10-11(5-6-12-13(10)9-25-16(12)23)14(21-15(22)7-19)8-20-17(24)26-18(2,3)4/h5-6,14H,7-9H2,1-4H3,(H,20,24)(H,21,22)/t14-/m0/s1. The molecule has 0 aromatic heterocycles. The molecular formula is C18H23ClN2O5. The molecule has 8 heteroatoms. The summed E-state index contributed by atoms with van der Waals surface area (Å²) in [6.45, 7) is 7.46. The number of esters is 1. The van der Waals surface area contributed by atoms with Gasteiger partial charge in [0.15, 0.2) is 0 Å². The number of nitrogens with one attached hydrogen (secondary N) is 2. The number of benzene rings is 1. The molecule has 2 N–H and O–H groups in total. The zero-order chi connectivity index (χ0) is 19.5. The maximum Gasteiger partial charge on any atom is 0.407 e. The Morgan fingerprint density at radius 2 is 2.04 bits per heavy atom. The largest absolute Gasteiger partial charge is 0.457 e. The lowest BCUT2D eigenvalue weighted by molar-refractivity contribution is -0.119. The highest BCUT2D eigenvalue weighted by molar-refractivity contribution is 6.27. The summed E-state index contributed by atoms with van der Waals surface area (Å²) in [5, 5.41) is 5.43. The Morgan fingerprint density at radius 1 is 1.35 bits per heavy atom. The number of hydrogen-bond donors (Lipinski definition) is 2. The molecule has 7 nitrogen and oxygen atoms in total. The van der Waals surface area contributed by atoms with Crippen LogP contribution in [0.1, 0.15) is 53.9 Å². The summed E-state index contributed by atoms with van der Waals surface area (Å²) in [6, 6.07) is 2.89. The number of fused-ring (bicyclic) bond motifs is 1. The normalized spacial score (nSPS) is 14.3. The molecule has 2 rings (SSSR count). The number of alkyl halides is 1. The van der Waals surface area contributed by atoms with E-state index in [4.69, 9.17) is 21.1 Å². The molecule has 1 aliphatic heterocycles. The number of cyclic esters (lactones) is 1. The van der Waals surface area contributed by atoms with Gasteiger partial charge >= 0.3 is 12.1 Å². The molecule has 2 amide bonds. The summed E-state index contributed by atoms with van der Waals surface area (Å²) in [5.41, 5.74) is 2.29. The third kappa shape index (κ3) is 4.88. The monoisotopic (exact) mass is 382 g/mol. The molecule has 26 heavy (non-hydrogen) atoms. The second-order valence-corrected chi connectivity index (χ2v) is 7.29. The van der Waals surface area contributed by atoms with Crippen LogP contribution < -0.4 is 10.6 Å². The van der Waals surface area contributed by atoms with E-state index in [1.54, 1.807) is 32.9 Å². The van der Waals surface area contributed by atoms with Crippen LogP contribution >= 0.6 is 11.6 Å². The van der Waals surface area contributed by atoms with Gasteiger partial charge in [0, 0.05) is 12.1 Å². The molecule has 1 aromatic rings. The number of carbonyl (C=O) groups is 3. The molecule has 0 radical (unpaired) electrons. The molecule has 0 saturated heterocycles. The minimum Gasteiger partial charge on any atom is -0.457 e. The highest BCUT2D eigenvalue weighted by Crippen LogP contribution is 2.29. The number of amides is 2. The quantitative estimate of drug-likeness (QED) is 0.603. The molecular weight excluding hydrogens is 360 g/mol. The molecule has 0 bridgehead atoms. The van der Waals surface area contributed by atoms with E-state index in [1.165, 1.54) is 0 Å². The molecule has 0 fully saturated rings. The van der Waals surface area contributed by atoms with Crippen molar-refractivity contribution >= 4 is 29.6 Å². The molecule has 0 unspecified atom stereocenters. The van der Waals surface area contributed by atoms with E-state index in [9.17, 15) is 14.4 Å². The first kappa shape index (κ1) is 20.0. The Kier molecular flexibility index (Phi) is 6.13. The van der Waals surface area contributed by atoms with Crippen LogP contribution in [-0.2, 0) is 20.9 Å². The summed E-state index contributed by atoms with van der Waals surface area (Å²) >= 11 is 5.60. The van der Waals surface area contributed by atoms with Crippen molar-refractivity contribution in [2.45, 2.75) is 45.9 Å². The van der Waals surface area contributed by atoms with Crippen LogP contribution in [-0.4, -0.2) is 36.0 Å². The fourth-order valence-electron chi connectivity index (χ4n) is 2.72. The van der Waals surface area contributed by atoms with Crippen molar-refractivity contribution in [1.29, 1.82) is 0 Å². The summed E-state index contributed by atoms with van der Waals surface area (Å²) in [5.74, 6) is -0.924. The van der Waals surface area contributed by atoms with Crippen molar-refractivity contribution in [3.63, 3.8) is 0 Å². The molecule has 0 aliphatic carbocycles. The Hall–Kier alpha value is -2.28. The van der Waals surface area contributed by atoms with Gasteiger partial charge in [-0.3, -0.25) is 4.79 Å². The van der Waals surface area contributed by atoms with Crippen LogP contribution in [0.4, 0.5) is 4.79 Å². The lowest BCUT2D eigenvalue weighted by Gasteiger charge is -2.24. The topological polar surface area (TPSA) is 93.7 Å². The first-order valence-corrected chi connectivity index (χ1v) is 8.77. The van der Waals surface area contributed by atoms with Crippen molar-refractivity contribution in [3.8, 4) is 0 Å². The van der Waals surface area contributed by atoms with Gasteiger partial charge in [-0.2, -0.15) is 0 Å². The Balaban J connectivity index is 2.21. The van der Waals surface area contributed by atoms with Crippen LogP contribution in [0.15, 0.2) is 12.1 Å². The number of carbonyl (C=O) groups excluding carboxylic acids is 3. The van der Waals surface area contributed by atoms with Crippen molar-refractivity contribution in [2.75, 3.05) is 12.4 Å². The smallest absolute Gasteiger partial charge is 0.407 e. The van der Waals surface area contributed by atoms with E-state index in [-0.39, 0.29) is 30.9 Å². The van der Waals surface area contributed by atoms with Crippen LogP contribution in [0.3, 0.4) is 0 Å². The number of ether oxygens (including phenoxy) is 2. The van der Waals surface area contributed by atoms with Crippen LogP contribution in [0.5, 0.6) is 0 Å². The highest BCUT2D eigenvalue weighted by Gasteiger charge is 2.27. The second-order valence-electron chi connectivity index (χ2n) is 7.02. The average Bonchev–Trinajstić information content (AvgIpc) is 2.92. The van der Waals surface area contributed by atoms with E-state index < -0.39 is 17.7 Å². The van der Waals surface area contributed by atoms with Crippen LogP contribution in [0.25, 0.3) is 0 Å². The average molecular weight is 383 g/mol. The third-order valence-electron chi connectivity index (χ3n) is 3.89. The van der Waals surface area contributed by atoms with E-state index in [2.05, 4.69) is 10.6 Å². The molecule has 0 saturated carbocycles. The lowest BCUT2D eigenvalue weighted by atomic mass is 9.94. The van der Waals surface area contributed by atoms with Gasteiger partial charge in [0.25, 0.3) is 0 Å². The molecule has 0 spiro atoms. The van der Waals surface area contributed by atoms with Crippen LogP contribution in [0, 0.1) is 6.92 Å². The fraction of sp³-hybridized carbons (Fsp3) is 0.500. The zero-order valence-electron chi connectivity index (χ0n) is 15.3. The summed E-state index contributed by atoms with van der Waals surface area (Å²) < 4.78 is 10.3. The zero-order valence-corrected chi connectivity index (χ0v) is 16.0. The number of halogens is 1. The minimum atomic E-state index is -0.625. The number of alkyl carbamates (subject to hydrolysis) is 1. The van der Waals surface area contributed by atoms with Gasteiger partial charge < -0.3 is 20.1 Å². The Bertz CT molecular complexity index is 727. The molecule has 1 atom stereocenters. The van der Waals surface area contributed by atoms with Crippen molar-refractivity contribution in [2.24, 2.45) is 0 Å². The van der Waals surface area contributed by atoms with Gasteiger partial charge in [0.2, 0.25) is 5.91 Å². The molecule has 1 aromatic carbocycles. The summed E-state index contributed by atoms with van der Waals surface area (Å²) in [7, 11) is 0. The number of hydrogen-bond acceptors (Lipinski definition) is 5. The predicted octanol–water partition coefficient (Wildman–Crippen LogP) is 2.59. The van der Waals surface area contributed by atoms with Gasteiger partial charge in [-0.15, -0.1) is 11.6 Å². The Morgan fingerprint density at radius 3 is 2.65 bits per heavy atom. The molecule has 1 aliphatic rings. The number of rotatable bonds is 5. The van der Waals surface area contributed by atoms with Crippen molar-refractivity contribution < 1.29 is 23.9 Å². The van der Waals surface area contributed by atoms with Crippen molar-refractivity contribution in [3.05, 3.63) is 34.4 Å². The maximum absolute atomic E-state index is 11.9. The van der Waals surface area contributed by atoms with Crippen molar-refractivity contribution in [1.82, 2.24) is 10.6 Å². The van der Waals surface area contributed by atoms with Gasteiger partial charge in [-0.1, -0.05) is 6.07 Å². The summed E-state index contributed by atoms with van der Waals surface area (Å²) in [6.07, 6.45) is -0.583. The lowest BCUT2D eigenvalue weighted by Crippen LogP contribution is -2.40. The highest BCUT2D eigenvalue weighted by atomic mass is 35.5. The van der Waals surface area contributed by atoms with Gasteiger partial charge in [0.05, 0.1) is 11.6 Å². The maximum atomic E-state index is 11.9. The SMILES string of the molecule is Cc1c([C@H](CNC(=O)OC(C)(C)C)NC(=O)CCl)ccc2c1COC2=O. The first-order chi connectivity index (χ1) is 12.1. The fourth-order valence-corrected chi connectivity index (χ4v) is 2.79. The van der Waals surface area contributed by atoms with E-state index in [0.717, 1.165) is 16.7 Å². The van der Waals surface area contributed by atoms with E-state index >= 15 is 0 Å². The third-order valence-corrected chi connectivity index (χ3v) is 4.13. The second kappa shape index (κ2) is 7.95. The van der Waals surface area contributed by atoms with Gasteiger partial charge in [-0.05, 0) is 44.9 Å². The predicted molar refractivity (Wildman–Crippen MR) is 96.1 cm³/mol. The van der Waals surface area contributed by atoms with Gasteiger partial charge in [0.1, 0.15) is 18.1 Å². The summed E-state index contributed by atoms with van der Waals surface area (Å²) in [4.78, 5) is 35.4. The minimum absolute atomic E-state index is 0.117. The Labute approximate surface area is 157 Å². The van der Waals surface area contributed by atoms with E-state index in [0.29, 0.717) is 5.56 Å². The molecule has 1 heterocycles.